The molecule has 170 valence electrons. The number of rotatable bonds is 8. The molecule has 30 heavy (non-hydrogen) atoms. The number of carbonyl (C=O) groups excluding carboxylic acids is 2. The zero-order valence-corrected chi connectivity index (χ0v) is 19.0. The summed E-state index contributed by atoms with van der Waals surface area (Å²) in [6, 6.07) is -1.34. The molecule has 1 saturated carbocycles. The first-order valence-electron chi connectivity index (χ1n) is 10.9. The van der Waals surface area contributed by atoms with Crippen LogP contribution in [0.5, 0.6) is 0 Å². The van der Waals surface area contributed by atoms with E-state index in [-0.39, 0.29) is 41.3 Å². The number of epoxide rings is 2. The van der Waals surface area contributed by atoms with Crippen LogP contribution < -0.4 is 16.4 Å². The third-order valence-corrected chi connectivity index (χ3v) is 6.87. The Labute approximate surface area is 179 Å². The summed E-state index contributed by atoms with van der Waals surface area (Å²) in [5.41, 5.74) is 6.10. The number of carbonyl (C=O) groups is 2. The summed E-state index contributed by atoms with van der Waals surface area (Å²) in [4.78, 5) is 24.3. The van der Waals surface area contributed by atoms with Crippen LogP contribution in [-0.4, -0.2) is 61.1 Å². The highest BCUT2D eigenvalue weighted by Gasteiger charge is 2.71. The van der Waals surface area contributed by atoms with E-state index >= 15 is 0 Å². The fourth-order valence-corrected chi connectivity index (χ4v) is 5.06. The minimum atomic E-state index is -0.721. The molecule has 0 aromatic carbocycles. The van der Waals surface area contributed by atoms with Crippen LogP contribution in [0.15, 0.2) is 11.6 Å². The van der Waals surface area contributed by atoms with Gasteiger partial charge in [0.1, 0.15) is 11.6 Å². The van der Waals surface area contributed by atoms with Crippen molar-refractivity contribution < 1.29 is 23.8 Å². The van der Waals surface area contributed by atoms with Crippen molar-refractivity contribution in [2.45, 2.75) is 89.4 Å². The van der Waals surface area contributed by atoms with E-state index in [2.05, 4.69) is 37.5 Å². The molecule has 0 aromatic heterocycles. The van der Waals surface area contributed by atoms with Gasteiger partial charge in [0.05, 0.1) is 30.5 Å². The number of hydrogen-bond donors (Lipinski definition) is 3. The van der Waals surface area contributed by atoms with Gasteiger partial charge in [-0.2, -0.15) is 0 Å². The first-order valence-corrected chi connectivity index (χ1v) is 10.9. The van der Waals surface area contributed by atoms with Gasteiger partial charge in [-0.25, -0.2) is 4.79 Å². The van der Waals surface area contributed by atoms with Crippen LogP contribution >= 0.6 is 0 Å². The summed E-state index contributed by atoms with van der Waals surface area (Å²) < 4.78 is 18.1. The molecule has 8 nitrogen and oxygen atoms in total. The highest BCUT2D eigenvalue weighted by Crippen LogP contribution is 2.59. The zero-order valence-electron chi connectivity index (χ0n) is 19.0. The molecule has 1 aliphatic carbocycles. The fraction of sp³-hybridized carbons (Fsp3) is 0.818. The largest absolute Gasteiger partial charge is 0.379 e. The van der Waals surface area contributed by atoms with Gasteiger partial charge in [0.2, 0.25) is 5.91 Å². The van der Waals surface area contributed by atoms with E-state index in [0.29, 0.717) is 6.61 Å². The lowest BCUT2D eigenvalue weighted by atomic mass is 9.67. The average molecular weight is 424 g/mol. The maximum atomic E-state index is 12.6. The molecule has 8 heteroatoms. The molecule has 1 spiro atoms. The smallest absolute Gasteiger partial charge is 0.315 e. The van der Waals surface area contributed by atoms with E-state index < -0.39 is 18.0 Å². The second kappa shape index (κ2) is 8.48. The molecule has 0 unspecified atom stereocenters. The Bertz CT molecular complexity index is 701. The van der Waals surface area contributed by atoms with E-state index in [1.165, 1.54) is 5.57 Å². The molecule has 3 amide bonds. The van der Waals surface area contributed by atoms with Gasteiger partial charge >= 0.3 is 6.03 Å². The normalized spacial score (nSPS) is 38.1. The minimum Gasteiger partial charge on any atom is -0.379 e. The standard InChI is InChI=1S/C22H37N3O5/c1-12(2)7-8-15-21(5,30-15)18-17(28-6)14(9-10-22(18)11-29-22)24-20(27)25-16(13(3)4)19(23)26/h7,13-18H,8-11H2,1-6H3,(H2,23,26)(H2,24,25,27)/t14-,15-,16-,17-,18-,21-,22+/m1/s1. The molecule has 3 fully saturated rings. The van der Waals surface area contributed by atoms with Gasteiger partial charge in [-0.05, 0) is 46.0 Å². The second-order valence-corrected chi connectivity index (χ2v) is 9.73. The molecular formula is C22H37N3O5. The summed E-state index contributed by atoms with van der Waals surface area (Å²) >= 11 is 0. The van der Waals surface area contributed by atoms with Gasteiger partial charge in [0.15, 0.2) is 0 Å². The number of allylic oxidation sites excluding steroid dienone is 1. The van der Waals surface area contributed by atoms with Crippen LogP contribution in [0.1, 0.15) is 53.9 Å². The predicted molar refractivity (Wildman–Crippen MR) is 113 cm³/mol. The topological polar surface area (TPSA) is 119 Å². The summed E-state index contributed by atoms with van der Waals surface area (Å²) in [6.07, 6.45) is 4.48. The number of methoxy groups -OCH3 is 1. The quantitative estimate of drug-likeness (QED) is 0.407. The SMILES string of the molecule is CO[C@@H]1[C@H](NC(=O)N[C@@H](C(N)=O)C(C)C)CC[C@]2(CO2)[C@H]1[C@]1(C)O[C@@H]1CC=C(C)C. The maximum Gasteiger partial charge on any atom is 0.315 e. The van der Waals surface area contributed by atoms with Crippen LogP contribution in [0.4, 0.5) is 4.79 Å². The van der Waals surface area contributed by atoms with Gasteiger partial charge in [-0.3, -0.25) is 4.79 Å². The lowest BCUT2D eigenvalue weighted by molar-refractivity contribution is -0.120. The van der Waals surface area contributed by atoms with Gasteiger partial charge < -0.3 is 30.6 Å². The van der Waals surface area contributed by atoms with Gasteiger partial charge in [0.25, 0.3) is 0 Å². The Morgan fingerprint density at radius 1 is 1.33 bits per heavy atom. The average Bonchev–Trinajstić information content (AvgIpc) is 3.56. The molecule has 0 bridgehead atoms. The third-order valence-electron chi connectivity index (χ3n) is 6.87. The summed E-state index contributed by atoms with van der Waals surface area (Å²) in [6.45, 7) is 10.7. The van der Waals surface area contributed by atoms with Crippen molar-refractivity contribution in [2.75, 3.05) is 13.7 Å². The number of amides is 3. The van der Waals surface area contributed by atoms with Crippen molar-refractivity contribution in [3.8, 4) is 0 Å². The van der Waals surface area contributed by atoms with Crippen molar-refractivity contribution in [1.82, 2.24) is 10.6 Å². The van der Waals surface area contributed by atoms with Gasteiger partial charge in [0, 0.05) is 13.0 Å². The van der Waals surface area contributed by atoms with E-state index in [9.17, 15) is 9.59 Å². The molecule has 2 aliphatic heterocycles. The van der Waals surface area contributed by atoms with E-state index in [0.717, 1.165) is 19.3 Å². The van der Waals surface area contributed by atoms with Crippen molar-refractivity contribution >= 4 is 11.9 Å². The van der Waals surface area contributed by atoms with Crippen molar-refractivity contribution in [1.29, 1.82) is 0 Å². The summed E-state index contributed by atoms with van der Waals surface area (Å²) in [5, 5.41) is 5.72. The molecule has 2 saturated heterocycles. The Morgan fingerprint density at radius 3 is 2.50 bits per heavy atom. The van der Waals surface area contributed by atoms with Crippen LogP contribution in [-0.2, 0) is 19.0 Å². The first-order chi connectivity index (χ1) is 14.0. The van der Waals surface area contributed by atoms with Gasteiger partial charge in [-0.1, -0.05) is 25.5 Å². The zero-order chi connectivity index (χ0) is 22.3. The Balaban J connectivity index is 1.71. The van der Waals surface area contributed by atoms with E-state index in [1.807, 2.05) is 13.8 Å². The monoisotopic (exact) mass is 423 g/mol. The van der Waals surface area contributed by atoms with E-state index in [1.54, 1.807) is 7.11 Å². The molecular weight excluding hydrogens is 386 g/mol. The van der Waals surface area contributed by atoms with Crippen molar-refractivity contribution in [3.63, 3.8) is 0 Å². The lowest BCUT2D eigenvalue weighted by Crippen LogP contribution is -2.61. The number of hydrogen-bond acceptors (Lipinski definition) is 5. The van der Waals surface area contributed by atoms with Crippen molar-refractivity contribution in [2.24, 2.45) is 17.6 Å². The number of nitrogens with one attached hydrogen (secondary N) is 2. The Kier molecular flexibility index (Phi) is 6.51. The Morgan fingerprint density at radius 2 is 2.00 bits per heavy atom. The molecule has 4 N–H and O–H groups in total. The predicted octanol–water partition coefficient (Wildman–Crippen LogP) is 1.87. The fourth-order valence-electron chi connectivity index (χ4n) is 5.06. The highest BCUT2D eigenvalue weighted by atomic mass is 16.6. The van der Waals surface area contributed by atoms with Crippen LogP contribution in [0.3, 0.4) is 0 Å². The third kappa shape index (κ3) is 4.50. The lowest BCUT2D eigenvalue weighted by Gasteiger charge is -2.43. The first kappa shape index (κ1) is 23.0. The van der Waals surface area contributed by atoms with Gasteiger partial charge in [-0.15, -0.1) is 0 Å². The summed E-state index contributed by atoms with van der Waals surface area (Å²) in [5.74, 6) is -0.624. The second-order valence-electron chi connectivity index (χ2n) is 9.73. The molecule has 3 aliphatic rings. The molecule has 2 heterocycles. The molecule has 7 atom stereocenters. The number of primary amides is 1. The van der Waals surface area contributed by atoms with Crippen LogP contribution in [0.25, 0.3) is 0 Å². The minimum absolute atomic E-state index is 0.0154. The number of urea groups is 1. The van der Waals surface area contributed by atoms with Crippen molar-refractivity contribution in [3.05, 3.63) is 11.6 Å². The van der Waals surface area contributed by atoms with Crippen LogP contribution in [0.2, 0.25) is 0 Å². The number of ether oxygens (including phenoxy) is 3. The van der Waals surface area contributed by atoms with Crippen LogP contribution in [0, 0.1) is 11.8 Å². The molecule has 0 radical (unpaired) electrons. The molecule has 3 rings (SSSR count). The maximum absolute atomic E-state index is 12.6. The number of nitrogens with two attached hydrogens (primary N) is 1. The Hall–Kier alpha value is -1.64. The highest BCUT2D eigenvalue weighted by molar-refractivity contribution is 5.86. The summed E-state index contributed by atoms with van der Waals surface area (Å²) in [7, 11) is 1.67. The molecule has 0 aromatic rings. The van der Waals surface area contributed by atoms with E-state index in [4.69, 9.17) is 19.9 Å².